The molecule has 0 aliphatic carbocycles. The highest BCUT2D eigenvalue weighted by Gasteiger charge is 2.13. The summed E-state index contributed by atoms with van der Waals surface area (Å²) in [6.45, 7) is 0. The molecule has 0 fully saturated rings. The molecule has 0 saturated carbocycles. The Morgan fingerprint density at radius 1 is 1.11 bits per heavy atom. The third kappa shape index (κ3) is 2.96. The lowest BCUT2D eigenvalue weighted by molar-refractivity contribution is 0.604. The van der Waals surface area contributed by atoms with Crippen molar-refractivity contribution in [3.05, 3.63) is 69.9 Å². The van der Waals surface area contributed by atoms with Gasteiger partial charge in [0, 0.05) is 4.47 Å². The van der Waals surface area contributed by atoms with Crippen molar-refractivity contribution in [1.29, 1.82) is 5.26 Å². The molecule has 0 aliphatic heterocycles. The van der Waals surface area contributed by atoms with Crippen LogP contribution >= 0.6 is 15.9 Å². The highest BCUT2D eigenvalue weighted by Crippen LogP contribution is 2.23. The van der Waals surface area contributed by atoms with E-state index < -0.39 is 0 Å². The van der Waals surface area contributed by atoms with Gasteiger partial charge in [-0.1, -0.05) is 46.3 Å². The molecule has 0 radical (unpaired) electrons. The van der Waals surface area contributed by atoms with Gasteiger partial charge >= 0.3 is 0 Å². The van der Waals surface area contributed by atoms with Crippen LogP contribution in [0.5, 0.6) is 0 Å². The molecule has 2 aromatic rings. The lowest BCUT2D eigenvalue weighted by Crippen LogP contribution is -2.02. The SMILES string of the molecule is N#CC(Cc1ccccc1F)c1ccc(Br)cc1. The van der Waals surface area contributed by atoms with E-state index in [9.17, 15) is 9.65 Å². The van der Waals surface area contributed by atoms with E-state index in [4.69, 9.17) is 0 Å². The van der Waals surface area contributed by atoms with Crippen LogP contribution in [0.25, 0.3) is 0 Å². The number of nitriles is 1. The third-order valence-corrected chi connectivity index (χ3v) is 3.34. The van der Waals surface area contributed by atoms with Crippen LogP contribution in [0.1, 0.15) is 17.0 Å². The Balaban J connectivity index is 2.23. The molecule has 0 bridgehead atoms. The van der Waals surface area contributed by atoms with Gasteiger partial charge in [0.05, 0.1) is 12.0 Å². The van der Waals surface area contributed by atoms with Crippen molar-refractivity contribution in [1.82, 2.24) is 0 Å². The van der Waals surface area contributed by atoms with Crippen LogP contribution in [0.2, 0.25) is 0 Å². The summed E-state index contributed by atoms with van der Waals surface area (Å²) >= 11 is 3.35. The monoisotopic (exact) mass is 303 g/mol. The molecule has 0 N–H and O–H groups in total. The fraction of sp³-hybridized carbons (Fsp3) is 0.133. The average molecular weight is 304 g/mol. The number of benzene rings is 2. The van der Waals surface area contributed by atoms with Gasteiger partial charge in [0.2, 0.25) is 0 Å². The van der Waals surface area contributed by atoms with Gasteiger partial charge in [-0.25, -0.2) is 4.39 Å². The van der Waals surface area contributed by atoms with E-state index in [2.05, 4.69) is 22.0 Å². The number of nitrogens with zero attached hydrogens (tertiary/aromatic N) is 1. The van der Waals surface area contributed by atoms with Crippen LogP contribution in [-0.2, 0) is 6.42 Å². The van der Waals surface area contributed by atoms with E-state index in [0.29, 0.717) is 12.0 Å². The Morgan fingerprint density at radius 2 is 1.78 bits per heavy atom. The summed E-state index contributed by atoms with van der Waals surface area (Å²) in [6.07, 6.45) is 0.394. The number of hydrogen-bond acceptors (Lipinski definition) is 1. The molecule has 1 atom stereocenters. The van der Waals surface area contributed by atoms with Crippen molar-refractivity contribution in [3.63, 3.8) is 0 Å². The molecule has 0 saturated heterocycles. The van der Waals surface area contributed by atoms with Crippen LogP contribution < -0.4 is 0 Å². The topological polar surface area (TPSA) is 23.8 Å². The molecule has 0 amide bonds. The van der Waals surface area contributed by atoms with Gasteiger partial charge in [-0.05, 0) is 35.7 Å². The first-order chi connectivity index (χ1) is 8.70. The molecule has 2 aromatic carbocycles. The average Bonchev–Trinajstić information content (AvgIpc) is 2.39. The smallest absolute Gasteiger partial charge is 0.126 e. The predicted molar refractivity (Wildman–Crippen MR) is 72.6 cm³/mol. The zero-order chi connectivity index (χ0) is 13.0. The van der Waals surface area contributed by atoms with Crippen LogP contribution in [-0.4, -0.2) is 0 Å². The fourth-order valence-corrected chi connectivity index (χ4v) is 2.08. The quantitative estimate of drug-likeness (QED) is 0.822. The largest absolute Gasteiger partial charge is 0.207 e. The Bertz CT molecular complexity index is 572. The van der Waals surface area contributed by atoms with E-state index in [0.717, 1.165) is 10.0 Å². The Labute approximate surface area is 114 Å². The van der Waals surface area contributed by atoms with Crippen LogP contribution in [0.15, 0.2) is 53.0 Å². The molecule has 0 aliphatic rings. The van der Waals surface area contributed by atoms with Crippen molar-refractivity contribution in [3.8, 4) is 6.07 Å². The highest BCUT2D eigenvalue weighted by molar-refractivity contribution is 9.10. The minimum atomic E-state index is -0.324. The first kappa shape index (κ1) is 12.8. The molecule has 1 nitrogen and oxygen atoms in total. The van der Waals surface area contributed by atoms with Crippen molar-refractivity contribution < 1.29 is 4.39 Å². The maximum absolute atomic E-state index is 13.5. The number of rotatable bonds is 3. The molecular weight excluding hydrogens is 293 g/mol. The maximum Gasteiger partial charge on any atom is 0.126 e. The van der Waals surface area contributed by atoms with E-state index in [1.807, 2.05) is 24.3 Å². The van der Waals surface area contributed by atoms with E-state index >= 15 is 0 Å². The normalized spacial score (nSPS) is 11.8. The van der Waals surface area contributed by atoms with Crippen molar-refractivity contribution in [2.45, 2.75) is 12.3 Å². The van der Waals surface area contributed by atoms with Crippen molar-refractivity contribution in [2.75, 3.05) is 0 Å². The lowest BCUT2D eigenvalue weighted by atomic mass is 9.93. The lowest BCUT2D eigenvalue weighted by Gasteiger charge is -2.10. The second-order valence-electron chi connectivity index (χ2n) is 4.03. The van der Waals surface area contributed by atoms with E-state index in [1.165, 1.54) is 6.07 Å². The molecule has 2 rings (SSSR count). The van der Waals surface area contributed by atoms with Crippen molar-refractivity contribution in [2.24, 2.45) is 0 Å². The molecule has 0 aromatic heterocycles. The van der Waals surface area contributed by atoms with Gasteiger partial charge in [0.25, 0.3) is 0 Å². The molecule has 1 unspecified atom stereocenters. The zero-order valence-electron chi connectivity index (χ0n) is 9.61. The minimum absolute atomic E-state index is 0.255. The summed E-state index contributed by atoms with van der Waals surface area (Å²) < 4.78 is 14.5. The fourth-order valence-electron chi connectivity index (χ4n) is 1.82. The van der Waals surface area contributed by atoms with Gasteiger partial charge in [0.1, 0.15) is 5.82 Å². The standard InChI is InChI=1S/C15H11BrFN/c16-14-7-5-11(6-8-14)13(10-18)9-12-3-1-2-4-15(12)17/h1-8,13H,9H2. The zero-order valence-corrected chi connectivity index (χ0v) is 11.2. The summed E-state index contributed by atoms with van der Waals surface area (Å²) in [5, 5.41) is 9.22. The molecule has 0 spiro atoms. The highest BCUT2D eigenvalue weighted by atomic mass is 79.9. The molecule has 90 valence electrons. The second-order valence-corrected chi connectivity index (χ2v) is 4.94. The summed E-state index contributed by atoms with van der Waals surface area (Å²) in [7, 11) is 0. The van der Waals surface area contributed by atoms with E-state index in [1.54, 1.807) is 18.2 Å². The van der Waals surface area contributed by atoms with Gasteiger partial charge in [-0.2, -0.15) is 5.26 Å². The van der Waals surface area contributed by atoms with Crippen molar-refractivity contribution >= 4 is 15.9 Å². The summed E-state index contributed by atoms with van der Waals surface area (Å²) in [4.78, 5) is 0. The molecule has 18 heavy (non-hydrogen) atoms. The first-order valence-electron chi connectivity index (χ1n) is 5.59. The van der Waals surface area contributed by atoms with Crippen LogP contribution in [0, 0.1) is 17.1 Å². The first-order valence-corrected chi connectivity index (χ1v) is 6.38. The Morgan fingerprint density at radius 3 is 2.39 bits per heavy atom. The van der Waals surface area contributed by atoms with Crippen LogP contribution in [0.3, 0.4) is 0 Å². The van der Waals surface area contributed by atoms with E-state index in [-0.39, 0.29) is 11.7 Å². The van der Waals surface area contributed by atoms with Gasteiger partial charge in [-0.15, -0.1) is 0 Å². The summed E-state index contributed by atoms with van der Waals surface area (Å²) in [5.41, 5.74) is 1.48. The van der Waals surface area contributed by atoms with Gasteiger partial charge in [-0.3, -0.25) is 0 Å². The molecule has 0 heterocycles. The second kappa shape index (κ2) is 5.79. The van der Waals surface area contributed by atoms with Crippen LogP contribution in [0.4, 0.5) is 4.39 Å². The minimum Gasteiger partial charge on any atom is -0.207 e. The van der Waals surface area contributed by atoms with Gasteiger partial charge in [0.15, 0.2) is 0 Å². The predicted octanol–water partition coefficient (Wildman–Crippen LogP) is 4.44. The number of hydrogen-bond donors (Lipinski definition) is 0. The number of halogens is 2. The Hall–Kier alpha value is -1.66. The van der Waals surface area contributed by atoms with Gasteiger partial charge < -0.3 is 0 Å². The molecular formula is C15H11BrFN. The third-order valence-electron chi connectivity index (χ3n) is 2.81. The Kier molecular flexibility index (Phi) is 4.11. The maximum atomic E-state index is 13.5. The molecule has 3 heteroatoms. The summed E-state index contributed by atoms with van der Waals surface area (Å²) in [5.74, 6) is -0.579. The summed E-state index contributed by atoms with van der Waals surface area (Å²) in [6, 6.07) is 16.4.